The maximum absolute atomic E-state index is 14.1. The lowest BCUT2D eigenvalue weighted by Crippen LogP contribution is -2.30. The van der Waals surface area contributed by atoms with Crippen molar-refractivity contribution in [2.24, 2.45) is 5.84 Å². The van der Waals surface area contributed by atoms with E-state index in [9.17, 15) is 4.39 Å². The summed E-state index contributed by atoms with van der Waals surface area (Å²) in [5, 5.41) is 4.47. The highest BCUT2D eigenvalue weighted by atomic mass is 19.1. The lowest BCUT2D eigenvalue weighted by Gasteiger charge is -2.19. The Bertz CT molecular complexity index is 597. The van der Waals surface area contributed by atoms with Crippen LogP contribution in [0.4, 0.5) is 4.39 Å². The Kier molecular flexibility index (Phi) is 4.93. The summed E-state index contributed by atoms with van der Waals surface area (Å²) in [6.45, 7) is 4.10. The first kappa shape index (κ1) is 15.5. The highest BCUT2D eigenvalue weighted by Crippen LogP contribution is 2.29. The molecule has 3 N–H and O–H groups in total. The predicted octanol–water partition coefficient (Wildman–Crippen LogP) is 2.36. The van der Waals surface area contributed by atoms with Gasteiger partial charge in [-0.15, -0.1) is 0 Å². The fourth-order valence-electron chi connectivity index (χ4n) is 2.26. The Balaban J connectivity index is 2.27. The first-order valence-electron chi connectivity index (χ1n) is 6.89. The normalized spacial score (nSPS) is 12.7. The molecule has 0 spiro atoms. The number of halogens is 1. The number of methoxy groups -OCH3 is 1. The van der Waals surface area contributed by atoms with E-state index in [0.29, 0.717) is 17.7 Å². The number of hydrogen-bond acceptors (Lipinski definition) is 4. The highest BCUT2D eigenvalue weighted by Gasteiger charge is 2.21. The zero-order chi connectivity index (χ0) is 15.4. The molecule has 0 amide bonds. The molecule has 0 saturated carbocycles. The molecule has 0 fully saturated rings. The minimum atomic E-state index is -0.406. The summed E-state index contributed by atoms with van der Waals surface area (Å²) in [5.74, 6) is 5.73. The van der Waals surface area contributed by atoms with E-state index in [1.165, 1.54) is 13.2 Å². The molecule has 1 unspecified atom stereocenters. The molecule has 0 radical (unpaired) electrons. The van der Waals surface area contributed by atoms with E-state index in [-0.39, 0.29) is 11.9 Å². The van der Waals surface area contributed by atoms with Crippen molar-refractivity contribution >= 4 is 0 Å². The van der Waals surface area contributed by atoms with Gasteiger partial charge in [-0.3, -0.25) is 16.0 Å². The SMILES string of the molecule is COc1cccc(F)c1C(Cc1ccn(C(C)C)n1)NN. The van der Waals surface area contributed by atoms with Crippen LogP contribution in [0.5, 0.6) is 5.75 Å². The molecule has 0 bridgehead atoms. The number of aromatic nitrogens is 2. The lowest BCUT2D eigenvalue weighted by molar-refractivity contribution is 0.389. The van der Waals surface area contributed by atoms with Gasteiger partial charge in [0.2, 0.25) is 0 Å². The summed E-state index contributed by atoms with van der Waals surface area (Å²) in [6.07, 6.45) is 2.39. The maximum atomic E-state index is 14.1. The van der Waals surface area contributed by atoms with Crippen molar-refractivity contribution in [1.82, 2.24) is 15.2 Å². The Labute approximate surface area is 123 Å². The molecule has 0 aliphatic heterocycles. The van der Waals surface area contributed by atoms with Gasteiger partial charge in [0.1, 0.15) is 11.6 Å². The molecule has 21 heavy (non-hydrogen) atoms. The van der Waals surface area contributed by atoms with Crippen LogP contribution >= 0.6 is 0 Å². The molecule has 0 aliphatic carbocycles. The zero-order valence-electron chi connectivity index (χ0n) is 12.5. The quantitative estimate of drug-likeness (QED) is 0.633. The Morgan fingerprint density at radius 2 is 2.14 bits per heavy atom. The third-order valence-electron chi connectivity index (χ3n) is 3.39. The number of hydrazine groups is 1. The van der Waals surface area contributed by atoms with Crippen LogP contribution in [0.3, 0.4) is 0 Å². The molecule has 114 valence electrons. The average Bonchev–Trinajstić information content (AvgIpc) is 2.93. The van der Waals surface area contributed by atoms with Crippen LogP contribution in [-0.2, 0) is 6.42 Å². The van der Waals surface area contributed by atoms with Crippen molar-refractivity contribution in [1.29, 1.82) is 0 Å². The van der Waals surface area contributed by atoms with Crippen molar-refractivity contribution in [2.45, 2.75) is 32.4 Å². The van der Waals surface area contributed by atoms with Gasteiger partial charge in [-0.2, -0.15) is 5.10 Å². The summed E-state index contributed by atoms with van der Waals surface area (Å²) in [6, 6.07) is 6.52. The van der Waals surface area contributed by atoms with Crippen molar-refractivity contribution in [3.05, 3.63) is 47.5 Å². The molecule has 6 heteroatoms. The Morgan fingerprint density at radius 1 is 1.38 bits per heavy atom. The van der Waals surface area contributed by atoms with Crippen LogP contribution in [0.25, 0.3) is 0 Å². The second kappa shape index (κ2) is 6.69. The van der Waals surface area contributed by atoms with Crippen LogP contribution in [0.1, 0.15) is 37.2 Å². The molecule has 1 heterocycles. The summed E-state index contributed by atoms with van der Waals surface area (Å²) in [5.41, 5.74) is 3.91. The van der Waals surface area contributed by atoms with Crippen LogP contribution in [-0.4, -0.2) is 16.9 Å². The predicted molar refractivity (Wildman–Crippen MR) is 79.3 cm³/mol. The molecule has 1 aromatic carbocycles. The molecule has 0 saturated heterocycles. The van der Waals surface area contributed by atoms with Gasteiger partial charge < -0.3 is 4.74 Å². The van der Waals surface area contributed by atoms with Crippen LogP contribution in [0, 0.1) is 5.82 Å². The monoisotopic (exact) mass is 292 g/mol. The number of benzene rings is 1. The minimum Gasteiger partial charge on any atom is -0.496 e. The number of nitrogens with one attached hydrogen (secondary N) is 1. The van der Waals surface area contributed by atoms with E-state index < -0.39 is 6.04 Å². The summed E-state index contributed by atoms with van der Waals surface area (Å²) < 4.78 is 21.2. The summed E-state index contributed by atoms with van der Waals surface area (Å²) in [4.78, 5) is 0. The van der Waals surface area contributed by atoms with Gasteiger partial charge >= 0.3 is 0 Å². The lowest BCUT2D eigenvalue weighted by atomic mass is 10.0. The van der Waals surface area contributed by atoms with Crippen molar-refractivity contribution in [2.75, 3.05) is 7.11 Å². The van der Waals surface area contributed by atoms with Gasteiger partial charge in [0.05, 0.1) is 18.8 Å². The van der Waals surface area contributed by atoms with Gasteiger partial charge in [-0.1, -0.05) is 6.07 Å². The average molecular weight is 292 g/mol. The number of rotatable bonds is 6. The number of hydrogen-bond donors (Lipinski definition) is 2. The number of ether oxygens (including phenoxy) is 1. The molecule has 1 atom stereocenters. The molecule has 0 aliphatic rings. The van der Waals surface area contributed by atoms with E-state index >= 15 is 0 Å². The molecule has 2 rings (SSSR count). The van der Waals surface area contributed by atoms with E-state index in [1.807, 2.05) is 16.9 Å². The van der Waals surface area contributed by atoms with Crippen LogP contribution < -0.4 is 16.0 Å². The Morgan fingerprint density at radius 3 is 2.71 bits per heavy atom. The maximum Gasteiger partial charge on any atom is 0.131 e. The van der Waals surface area contributed by atoms with Crippen LogP contribution in [0.2, 0.25) is 0 Å². The first-order valence-corrected chi connectivity index (χ1v) is 6.89. The van der Waals surface area contributed by atoms with Crippen molar-refractivity contribution in [3.63, 3.8) is 0 Å². The fourth-order valence-corrected chi connectivity index (χ4v) is 2.26. The van der Waals surface area contributed by atoms with Crippen molar-refractivity contribution in [3.8, 4) is 5.75 Å². The van der Waals surface area contributed by atoms with E-state index in [2.05, 4.69) is 24.4 Å². The second-order valence-corrected chi connectivity index (χ2v) is 5.16. The molecule has 2 aromatic rings. The summed E-state index contributed by atoms with van der Waals surface area (Å²) in [7, 11) is 1.51. The second-order valence-electron chi connectivity index (χ2n) is 5.16. The smallest absolute Gasteiger partial charge is 0.131 e. The molecule has 1 aromatic heterocycles. The van der Waals surface area contributed by atoms with Gasteiger partial charge in [-0.05, 0) is 32.0 Å². The molecular weight excluding hydrogens is 271 g/mol. The minimum absolute atomic E-state index is 0.283. The van der Waals surface area contributed by atoms with Crippen molar-refractivity contribution < 1.29 is 9.13 Å². The third kappa shape index (κ3) is 3.40. The van der Waals surface area contributed by atoms with Gasteiger partial charge in [0.15, 0.2) is 0 Å². The van der Waals surface area contributed by atoms with E-state index in [0.717, 1.165) is 5.69 Å². The number of nitrogens with two attached hydrogens (primary N) is 1. The third-order valence-corrected chi connectivity index (χ3v) is 3.39. The zero-order valence-corrected chi connectivity index (χ0v) is 12.5. The van der Waals surface area contributed by atoms with E-state index in [4.69, 9.17) is 10.6 Å². The standard InChI is InChI=1S/C15H21FN4O/c1-10(2)20-8-7-11(19-20)9-13(18-17)15-12(16)5-4-6-14(15)21-3/h4-8,10,13,18H,9,17H2,1-3H3. The summed E-state index contributed by atoms with van der Waals surface area (Å²) >= 11 is 0. The van der Waals surface area contributed by atoms with Gasteiger partial charge in [0.25, 0.3) is 0 Å². The highest BCUT2D eigenvalue weighted by molar-refractivity contribution is 5.37. The first-order chi connectivity index (χ1) is 10.1. The van der Waals surface area contributed by atoms with Gasteiger partial charge in [-0.25, -0.2) is 4.39 Å². The van der Waals surface area contributed by atoms with Crippen LogP contribution in [0.15, 0.2) is 30.5 Å². The fraction of sp³-hybridized carbons (Fsp3) is 0.400. The van der Waals surface area contributed by atoms with E-state index in [1.54, 1.807) is 12.1 Å². The molecule has 5 nitrogen and oxygen atoms in total. The topological polar surface area (TPSA) is 65.1 Å². The largest absolute Gasteiger partial charge is 0.496 e. The van der Waals surface area contributed by atoms with Gasteiger partial charge in [0, 0.05) is 24.2 Å². The molecular formula is C15H21FN4O. The number of nitrogens with zero attached hydrogens (tertiary/aromatic N) is 2. The Hall–Kier alpha value is -1.92.